The van der Waals surface area contributed by atoms with E-state index in [-0.39, 0.29) is 0 Å². The second kappa shape index (κ2) is 6.90. The number of nitrogens with zero attached hydrogens (tertiary/aromatic N) is 4. The van der Waals surface area contributed by atoms with Gasteiger partial charge in [0.1, 0.15) is 5.69 Å². The van der Waals surface area contributed by atoms with Crippen molar-refractivity contribution in [2.45, 2.75) is 44.8 Å². The van der Waals surface area contributed by atoms with E-state index in [2.05, 4.69) is 46.9 Å². The number of methoxy groups -OCH3 is 1. The summed E-state index contributed by atoms with van der Waals surface area (Å²) in [6.45, 7) is 5.71. The van der Waals surface area contributed by atoms with Crippen molar-refractivity contribution in [2.24, 2.45) is 0 Å². The maximum Gasteiger partial charge on any atom is 0.188 e. The van der Waals surface area contributed by atoms with Crippen LogP contribution in [0, 0.1) is 0 Å². The van der Waals surface area contributed by atoms with E-state index in [1.165, 1.54) is 5.56 Å². The minimum Gasteiger partial charge on any atom is -0.385 e. The van der Waals surface area contributed by atoms with Crippen LogP contribution in [-0.4, -0.2) is 38.7 Å². The van der Waals surface area contributed by atoms with Crippen LogP contribution in [0.25, 0.3) is 11.5 Å². The molecule has 0 aliphatic rings. The van der Waals surface area contributed by atoms with Crippen molar-refractivity contribution in [1.82, 2.24) is 25.0 Å². The standard InChI is InChI=1S/C13H21N5OS/c1-4-9-10(5-2)14-15-11(9)12-16-17-13(20)18(12)7-6-8-19-3/h4-8H2,1-3H3,(H,14,15)(H,17,20). The van der Waals surface area contributed by atoms with E-state index in [0.717, 1.165) is 43.0 Å². The number of nitrogens with one attached hydrogen (secondary N) is 1. The molecule has 2 aromatic heterocycles. The van der Waals surface area contributed by atoms with Crippen LogP contribution in [0.2, 0.25) is 0 Å². The van der Waals surface area contributed by atoms with E-state index < -0.39 is 0 Å². The third kappa shape index (κ3) is 2.88. The highest BCUT2D eigenvalue weighted by Crippen LogP contribution is 2.25. The first kappa shape index (κ1) is 15.1. The van der Waals surface area contributed by atoms with Crippen LogP contribution in [0.1, 0.15) is 31.5 Å². The molecule has 0 atom stereocenters. The predicted molar refractivity (Wildman–Crippen MR) is 80.1 cm³/mol. The molecular weight excluding hydrogens is 274 g/mol. The summed E-state index contributed by atoms with van der Waals surface area (Å²) in [5.74, 6) is 0.801. The van der Waals surface area contributed by atoms with Gasteiger partial charge in [-0.1, -0.05) is 13.8 Å². The van der Waals surface area contributed by atoms with Crippen molar-refractivity contribution in [3.63, 3.8) is 0 Å². The number of ether oxygens (including phenoxy) is 1. The highest BCUT2D eigenvalue weighted by atomic mass is 32.1. The molecule has 1 N–H and O–H groups in total. The van der Waals surface area contributed by atoms with Crippen molar-refractivity contribution in [2.75, 3.05) is 13.7 Å². The third-order valence-corrected chi connectivity index (χ3v) is 3.66. The summed E-state index contributed by atoms with van der Waals surface area (Å²) >= 11 is 4.38. The summed E-state index contributed by atoms with van der Waals surface area (Å²) in [6, 6.07) is 0. The molecule has 0 unspecified atom stereocenters. The van der Waals surface area contributed by atoms with Gasteiger partial charge in [0.05, 0.1) is 5.69 Å². The van der Waals surface area contributed by atoms with Gasteiger partial charge in [0.15, 0.2) is 11.0 Å². The third-order valence-electron chi connectivity index (χ3n) is 3.33. The molecule has 0 radical (unpaired) electrons. The Labute approximate surface area is 124 Å². The Morgan fingerprint density at radius 3 is 2.70 bits per heavy atom. The average molecular weight is 295 g/mol. The fourth-order valence-corrected chi connectivity index (χ4v) is 2.55. The fourth-order valence-electron chi connectivity index (χ4n) is 2.31. The second-order valence-electron chi connectivity index (χ2n) is 4.55. The summed E-state index contributed by atoms with van der Waals surface area (Å²) in [5, 5.41) is 16.4. The topological polar surface area (TPSA) is 68.6 Å². The van der Waals surface area contributed by atoms with Gasteiger partial charge >= 0.3 is 0 Å². The average Bonchev–Trinajstić information content (AvgIpc) is 3.02. The smallest absolute Gasteiger partial charge is 0.188 e. The molecule has 0 amide bonds. The van der Waals surface area contributed by atoms with Crippen LogP contribution >= 0.6 is 12.6 Å². The van der Waals surface area contributed by atoms with Gasteiger partial charge in [0.2, 0.25) is 0 Å². The largest absolute Gasteiger partial charge is 0.385 e. The monoisotopic (exact) mass is 295 g/mol. The quantitative estimate of drug-likeness (QED) is 0.606. The molecule has 0 spiro atoms. The summed E-state index contributed by atoms with van der Waals surface area (Å²) < 4.78 is 7.09. The minimum absolute atomic E-state index is 0.616. The van der Waals surface area contributed by atoms with Gasteiger partial charge in [-0.05, 0) is 19.3 Å². The maximum atomic E-state index is 5.09. The molecule has 2 heterocycles. The van der Waals surface area contributed by atoms with Gasteiger partial charge < -0.3 is 9.30 Å². The highest BCUT2D eigenvalue weighted by Gasteiger charge is 2.18. The molecule has 0 fully saturated rings. The van der Waals surface area contributed by atoms with E-state index in [9.17, 15) is 0 Å². The first-order chi connectivity index (χ1) is 9.72. The Morgan fingerprint density at radius 2 is 2.05 bits per heavy atom. The molecule has 0 aromatic carbocycles. The zero-order chi connectivity index (χ0) is 14.5. The lowest BCUT2D eigenvalue weighted by atomic mass is 10.1. The minimum atomic E-state index is 0.616. The Balaban J connectivity index is 2.35. The Kier molecular flexibility index (Phi) is 5.19. The van der Waals surface area contributed by atoms with E-state index in [1.54, 1.807) is 7.11 Å². The van der Waals surface area contributed by atoms with E-state index >= 15 is 0 Å². The Hall–Kier alpha value is -1.34. The molecule has 2 rings (SSSR count). The van der Waals surface area contributed by atoms with Crippen molar-refractivity contribution in [1.29, 1.82) is 0 Å². The first-order valence-corrected chi connectivity index (χ1v) is 7.35. The number of hydrogen-bond acceptors (Lipinski definition) is 5. The van der Waals surface area contributed by atoms with E-state index in [1.807, 2.05) is 4.57 Å². The highest BCUT2D eigenvalue weighted by molar-refractivity contribution is 7.80. The Morgan fingerprint density at radius 1 is 1.25 bits per heavy atom. The molecular formula is C13H21N5OS. The SMILES string of the molecule is CCc1n[nH]c(-c2nnc(S)n2CCCOC)c1CC. The molecule has 0 aliphatic carbocycles. The van der Waals surface area contributed by atoms with Gasteiger partial charge in [0.25, 0.3) is 0 Å². The van der Waals surface area contributed by atoms with Gasteiger partial charge in [-0.3, -0.25) is 5.10 Å². The van der Waals surface area contributed by atoms with Gasteiger partial charge in [-0.2, -0.15) is 5.10 Å². The zero-order valence-electron chi connectivity index (χ0n) is 12.2. The number of aryl methyl sites for hydroxylation is 1. The predicted octanol–water partition coefficient (Wildman–Crippen LogP) is 2.12. The number of rotatable bonds is 7. The summed E-state index contributed by atoms with van der Waals surface area (Å²) in [5.41, 5.74) is 3.26. The van der Waals surface area contributed by atoms with Gasteiger partial charge in [-0.15, -0.1) is 22.8 Å². The molecule has 20 heavy (non-hydrogen) atoms. The lowest BCUT2D eigenvalue weighted by molar-refractivity contribution is 0.189. The zero-order valence-corrected chi connectivity index (χ0v) is 13.1. The molecule has 0 saturated heterocycles. The van der Waals surface area contributed by atoms with Crippen LogP contribution in [0.3, 0.4) is 0 Å². The molecule has 7 heteroatoms. The van der Waals surface area contributed by atoms with E-state index in [4.69, 9.17) is 4.74 Å². The van der Waals surface area contributed by atoms with Crippen LogP contribution in [0.15, 0.2) is 5.16 Å². The summed E-state index contributed by atoms with van der Waals surface area (Å²) in [6.07, 6.45) is 2.72. The summed E-state index contributed by atoms with van der Waals surface area (Å²) in [7, 11) is 1.70. The molecule has 0 bridgehead atoms. The van der Waals surface area contributed by atoms with Crippen LogP contribution in [0.4, 0.5) is 0 Å². The maximum absolute atomic E-state index is 5.09. The number of aromatic nitrogens is 5. The molecule has 0 saturated carbocycles. The fraction of sp³-hybridized carbons (Fsp3) is 0.615. The van der Waals surface area contributed by atoms with Crippen LogP contribution < -0.4 is 0 Å². The number of H-pyrrole nitrogens is 1. The van der Waals surface area contributed by atoms with E-state index in [0.29, 0.717) is 11.8 Å². The number of aromatic amines is 1. The number of thiol groups is 1. The van der Waals surface area contributed by atoms with Gasteiger partial charge in [0, 0.05) is 25.8 Å². The Bertz CT molecular complexity index is 563. The number of hydrogen-bond donors (Lipinski definition) is 2. The molecule has 6 nitrogen and oxygen atoms in total. The first-order valence-electron chi connectivity index (χ1n) is 6.90. The lowest BCUT2D eigenvalue weighted by Gasteiger charge is -2.08. The normalized spacial score (nSPS) is 11.2. The summed E-state index contributed by atoms with van der Waals surface area (Å²) in [4.78, 5) is 0. The second-order valence-corrected chi connectivity index (χ2v) is 4.95. The van der Waals surface area contributed by atoms with Crippen molar-refractivity contribution < 1.29 is 4.74 Å². The van der Waals surface area contributed by atoms with Gasteiger partial charge in [-0.25, -0.2) is 0 Å². The molecule has 110 valence electrons. The molecule has 0 aliphatic heterocycles. The van der Waals surface area contributed by atoms with Crippen LogP contribution in [0.5, 0.6) is 0 Å². The van der Waals surface area contributed by atoms with Crippen molar-refractivity contribution in [3.8, 4) is 11.5 Å². The molecule has 2 aromatic rings. The lowest BCUT2D eigenvalue weighted by Crippen LogP contribution is -2.05. The van der Waals surface area contributed by atoms with Crippen molar-refractivity contribution in [3.05, 3.63) is 11.3 Å². The van der Waals surface area contributed by atoms with Crippen LogP contribution in [-0.2, 0) is 24.1 Å². The van der Waals surface area contributed by atoms with Crippen molar-refractivity contribution >= 4 is 12.6 Å².